The summed E-state index contributed by atoms with van der Waals surface area (Å²) in [5.74, 6) is -0.959. The average Bonchev–Trinajstić information content (AvgIpc) is 2.72. The van der Waals surface area contributed by atoms with Crippen LogP contribution in [-0.2, 0) is 27.3 Å². The van der Waals surface area contributed by atoms with E-state index in [2.05, 4.69) is 10.3 Å². The van der Waals surface area contributed by atoms with Crippen LogP contribution in [0.2, 0.25) is 0 Å². The molecule has 0 fully saturated rings. The molecule has 0 saturated carbocycles. The molecule has 3 aromatic rings. The number of amides is 1. The number of carbonyl (C=O) groups excluding carboxylic acids is 2. The lowest BCUT2D eigenvalue weighted by molar-refractivity contribution is -0.147. The number of hydrogen-bond acceptors (Lipinski definition) is 5. The number of benzene rings is 2. The number of rotatable bonds is 7. The average molecular weight is 393 g/mol. The molecule has 0 saturated heterocycles. The molecule has 7 nitrogen and oxygen atoms in total. The Kier molecular flexibility index (Phi) is 6.39. The fourth-order valence-electron chi connectivity index (χ4n) is 3.06. The van der Waals surface area contributed by atoms with Gasteiger partial charge in [-0.05, 0) is 36.6 Å². The molecular weight excluding hydrogens is 370 g/mol. The summed E-state index contributed by atoms with van der Waals surface area (Å²) in [6.45, 7) is 3.64. The Morgan fingerprint density at radius 3 is 2.72 bits per heavy atom. The summed E-state index contributed by atoms with van der Waals surface area (Å²) in [5.41, 5.74) is 3.08. The first kappa shape index (κ1) is 20.3. The normalized spacial score (nSPS) is 10.7. The molecule has 1 N–H and O–H groups in total. The van der Waals surface area contributed by atoms with Gasteiger partial charge in [-0.15, -0.1) is 0 Å². The minimum absolute atomic E-state index is 0.0300. The largest absolute Gasteiger partial charge is 0.456 e. The monoisotopic (exact) mass is 393 g/mol. The zero-order valence-corrected chi connectivity index (χ0v) is 16.5. The maximum atomic E-state index is 12.5. The third-order valence-electron chi connectivity index (χ3n) is 4.65. The highest BCUT2D eigenvalue weighted by Crippen LogP contribution is 2.15. The number of hydrogen-bond donors (Lipinski definition) is 1. The highest BCUT2D eigenvalue weighted by Gasteiger charge is 2.11. The minimum atomic E-state index is -0.555. The zero-order valence-electron chi connectivity index (χ0n) is 16.5. The Bertz CT molecular complexity index is 1100. The summed E-state index contributed by atoms with van der Waals surface area (Å²) >= 11 is 0. The van der Waals surface area contributed by atoms with Crippen molar-refractivity contribution >= 4 is 28.5 Å². The van der Waals surface area contributed by atoms with E-state index in [1.165, 1.54) is 10.9 Å². The molecule has 1 amide bonds. The second-order valence-corrected chi connectivity index (χ2v) is 6.68. The second-order valence-electron chi connectivity index (χ2n) is 6.68. The molecule has 150 valence electrons. The quantitative estimate of drug-likeness (QED) is 0.624. The van der Waals surface area contributed by atoms with Crippen LogP contribution in [0.5, 0.6) is 0 Å². The van der Waals surface area contributed by atoms with Gasteiger partial charge in [0, 0.05) is 12.2 Å². The van der Waals surface area contributed by atoms with Crippen molar-refractivity contribution < 1.29 is 14.3 Å². The van der Waals surface area contributed by atoms with Crippen molar-refractivity contribution in [2.75, 3.05) is 11.9 Å². The van der Waals surface area contributed by atoms with Crippen LogP contribution >= 0.6 is 0 Å². The lowest BCUT2D eigenvalue weighted by Crippen LogP contribution is -2.24. The van der Waals surface area contributed by atoms with Crippen molar-refractivity contribution in [1.29, 1.82) is 0 Å². The summed E-state index contributed by atoms with van der Waals surface area (Å²) < 4.78 is 6.41. The highest BCUT2D eigenvalue weighted by atomic mass is 16.5. The Labute approximate surface area is 168 Å². The van der Waals surface area contributed by atoms with Gasteiger partial charge < -0.3 is 10.1 Å². The van der Waals surface area contributed by atoms with Gasteiger partial charge in [0.2, 0.25) is 0 Å². The van der Waals surface area contributed by atoms with Gasteiger partial charge in [0.15, 0.2) is 6.61 Å². The van der Waals surface area contributed by atoms with Crippen LogP contribution in [0, 0.1) is 6.92 Å². The summed E-state index contributed by atoms with van der Waals surface area (Å²) in [4.78, 5) is 40.9. The minimum Gasteiger partial charge on any atom is -0.456 e. The van der Waals surface area contributed by atoms with Crippen LogP contribution < -0.4 is 10.9 Å². The molecule has 0 atom stereocenters. The van der Waals surface area contributed by atoms with Crippen molar-refractivity contribution in [2.45, 2.75) is 33.2 Å². The van der Waals surface area contributed by atoms with Gasteiger partial charge in [0.1, 0.15) is 0 Å². The molecule has 0 bridgehead atoms. The Hall–Kier alpha value is -3.48. The topological polar surface area (TPSA) is 90.3 Å². The number of carbonyl (C=O) groups is 2. The van der Waals surface area contributed by atoms with Crippen molar-refractivity contribution in [3.05, 3.63) is 70.3 Å². The molecule has 7 heteroatoms. The number of para-hydroxylation sites is 2. The van der Waals surface area contributed by atoms with Crippen LogP contribution in [0.3, 0.4) is 0 Å². The van der Waals surface area contributed by atoms with E-state index in [9.17, 15) is 14.4 Å². The molecule has 0 radical (unpaired) electrons. The zero-order chi connectivity index (χ0) is 20.8. The number of nitrogens with one attached hydrogen (secondary N) is 1. The molecule has 0 unspecified atom stereocenters. The van der Waals surface area contributed by atoms with E-state index in [0.717, 1.165) is 17.5 Å². The van der Waals surface area contributed by atoms with Gasteiger partial charge in [-0.2, -0.15) is 0 Å². The third kappa shape index (κ3) is 4.87. The molecule has 2 aromatic carbocycles. The number of anilines is 1. The lowest BCUT2D eigenvalue weighted by Gasteiger charge is -2.10. The summed E-state index contributed by atoms with van der Waals surface area (Å²) in [7, 11) is 0. The molecule has 0 aliphatic rings. The number of nitrogens with zero attached hydrogens (tertiary/aromatic N) is 2. The summed E-state index contributed by atoms with van der Waals surface area (Å²) in [6, 6.07) is 12.9. The van der Waals surface area contributed by atoms with Gasteiger partial charge >= 0.3 is 5.97 Å². The summed E-state index contributed by atoms with van der Waals surface area (Å²) in [5, 5.41) is 3.25. The predicted molar refractivity (Wildman–Crippen MR) is 111 cm³/mol. The molecule has 0 spiro atoms. The predicted octanol–water partition coefficient (Wildman–Crippen LogP) is 2.84. The van der Waals surface area contributed by atoms with E-state index in [-0.39, 0.29) is 25.1 Å². The number of ether oxygens (including phenoxy) is 1. The Morgan fingerprint density at radius 2 is 1.93 bits per heavy atom. The highest BCUT2D eigenvalue weighted by molar-refractivity contribution is 5.93. The van der Waals surface area contributed by atoms with Crippen LogP contribution in [0.15, 0.2) is 53.6 Å². The van der Waals surface area contributed by atoms with Crippen LogP contribution in [-0.4, -0.2) is 28.0 Å². The molecular formula is C22H23N3O4. The van der Waals surface area contributed by atoms with Crippen molar-refractivity contribution in [3.8, 4) is 0 Å². The number of aryl methyl sites for hydroxylation is 3. The second kappa shape index (κ2) is 9.14. The van der Waals surface area contributed by atoms with Crippen molar-refractivity contribution in [3.63, 3.8) is 0 Å². The first-order valence-corrected chi connectivity index (χ1v) is 9.47. The maximum absolute atomic E-state index is 12.5. The smallest absolute Gasteiger partial charge is 0.308 e. The fourth-order valence-corrected chi connectivity index (χ4v) is 3.06. The molecule has 3 rings (SSSR count). The van der Waals surface area contributed by atoms with E-state index >= 15 is 0 Å². The first-order chi connectivity index (χ1) is 14.0. The van der Waals surface area contributed by atoms with Gasteiger partial charge in [-0.3, -0.25) is 19.0 Å². The standard InChI is InChI=1S/C22H23N3O4/c1-3-16-8-4-5-10-18(16)24-19(26)13-29-20(27)11-12-25-14-23-21-15(2)7-6-9-17(21)22(25)28/h4-10,14H,3,11-13H2,1-2H3,(H,24,26). The number of aromatic nitrogens is 2. The van der Waals surface area contributed by atoms with Crippen molar-refractivity contribution in [1.82, 2.24) is 9.55 Å². The summed E-state index contributed by atoms with van der Waals surface area (Å²) in [6.07, 6.45) is 2.18. The molecule has 1 aromatic heterocycles. The van der Waals surface area contributed by atoms with E-state index in [1.54, 1.807) is 18.2 Å². The fraction of sp³-hybridized carbons (Fsp3) is 0.273. The van der Waals surface area contributed by atoms with Crippen molar-refractivity contribution in [2.24, 2.45) is 0 Å². The lowest BCUT2D eigenvalue weighted by atomic mass is 10.1. The Balaban J connectivity index is 1.54. The van der Waals surface area contributed by atoms with E-state index < -0.39 is 11.9 Å². The van der Waals surface area contributed by atoms with Crippen LogP contribution in [0.1, 0.15) is 24.5 Å². The van der Waals surface area contributed by atoms with E-state index in [1.807, 2.05) is 38.1 Å². The van der Waals surface area contributed by atoms with Gasteiger partial charge in [0.05, 0.1) is 23.7 Å². The van der Waals surface area contributed by atoms with E-state index in [0.29, 0.717) is 16.6 Å². The van der Waals surface area contributed by atoms with Crippen LogP contribution in [0.4, 0.5) is 5.69 Å². The Morgan fingerprint density at radius 1 is 1.14 bits per heavy atom. The molecule has 0 aliphatic heterocycles. The van der Waals surface area contributed by atoms with E-state index in [4.69, 9.17) is 4.74 Å². The number of fused-ring (bicyclic) bond motifs is 1. The third-order valence-corrected chi connectivity index (χ3v) is 4.65. The molecule has 0 aliphatic carbocycles. The first-order valence-electron chi connectivity index (χ1n) is 9.47. The van der Waals surface area contributed by atoms with Gasteiger partial charge in [-0.25, -0.2) is 4.98 Å². The SMILES string of the molecule is CCc1ccccc1NC(=O)COC(=O)CCn1cnc2c(C)cccc2c1=O. The van der Waals surface area contributed by atoms with Gasteiger partial charge in [-0.1, -0.05) is 37.3 Å². The molecule has 1 heterocycles. The molecule has 29 heavy (non-hydrogen) atoms. The maximum Gasteiger partial charge on any atom is 0.308 e. The van der Waals surface area contributed by atoms with Crippen LogP contribution in [0.25, 0.3) is 10.9 Å². The van der Waals surface area contributed by atoms with Gasteiger partial charge in [0.25, 0.3) is 11.5 Å². The number of esters is 1.